The number of nitrogens with one attached hydrogen (secondary N) is 3. The minimum atomic E-state index is -3.90. The van der Waals surface area contributed by atoms with Crippen molar-refractivity contribution in [3.63, 3.8) is 0 Å². The molecule has 29 heavy (non-hydrogen) atoms. The molecule has 0 saturated carbocycles. The number of carbonyl (C=O) groups excluding carboxylic acids is 1. The number of hydrogen-bond donors (Lipinski definition) is 4. The summed E-state index contributed by atoms with van der Waals surface area (Å²) in [5, 5.41) is 11.8. The third-order valence-electron chi connectivity index (χ3n) is 3.69. The second-order valence-corrected chi connectivity index (χ2v) is 8.75. The molecule has 0 spiro atoms. The van der Waals surface area contributed by atoms with Crippen LogP contribution in [0.3, 0.4) is 0 Å². The highest BCUT2D eigenvalue weighted by molar-refractivity contribution is 7.89. The minimum Gasteiger partial charge on any atom is -0.478 e. The van der Waals surface area contributed by atoms with Crippen molar-refractivity contribution in [1.29, 1.82) is 0 Å². The lowest BCUT2D eigenvalue weighted by Gasteiger charge is -2.07. The van der Waals surface area contributed by atoms with Gasteiger partial charge < -0.3 is 10.4 Å². The van der Waals surface area contributed by atoms with E-state index in [2.05, 4.69) is 15.5 Å². The van der Waals surface area contributed by atoms with Crippen LogP contribution < -0.4 is 26.6 Å². The van der Waals surface area contributed by atoms with Gasteiger partial charge >= 0.3 is 17.1 Å². The number of benzene rings is 1. The molecule has 0 saturated heterocycles. The summed E-state index contributed by atoms with van der Waals surface area (Å²) in [5.74, 6) is -1.59. The Morgan fingerprint density at radius 3 is 2.28 bits per heavy atom. The molecule has 3 rings (SSSR count). The normalized spacial score (nSPS) is 11.5. The van der Waals surface area contributed by atoms with Gasteiger partial charge in [-0.15, -0.1) is 11.3 Å². The molecule has 0 aliphatic carbocycles. The molecule has 152 valence electrons. The van der Waals surface area contributed by atoms with Crippen LogP contribution in [-0.4, -0.2) is 30.1 Å². The Labute approximate surface area is 167 Å². The molecule has 0 bridgehead atoms. The van der Waals surface area contributed by atoms with Crippen LogP contribution in [-0.2, 0) is 21.4 Å². The number of amides is 1. The average molecular weight is 438 g/mol. The lowest BCUT2D eigenvalue weighted by atomic mass is 10.3. The van der Waals surface area contributed by atoms with Gasteiger partial charge in [-0.25, -0.2) is 17.9 Å². The Balaban J connectivity index is 1.73. The molecule has 11 nitrogen and oxygen atoms in total. The number of hydrogen-bond acceptors (Lipinski definition) is 8. The van der Waals surface area contributed by atoms with Gasteiger partial charge in [-0.05, 0) is 30.3 Å². The highest BCUT2D eigenvalue weighted by atomic mass is 32.2. The third-order valence-corrected chi connectivity index (χ3v) is 6.14. The monoisotopic (exact) mass is 438 g/mol. The molecule has 0 radical (unpaired) electrons. The number of carboxylic acids is 1. The van der Waals surface area contributed by atoms with Crippen molar-refractivity contribution in [3.05, 3.63) is 61.5 Å². The number of carboxylic acid groups (broad SMARTS) is 1. The van der Waals surface area contributed by atoms with E-state index in [1.54, 1.807) is 0 Å². The van der Waals surface area contributed by atoms with Crippen molar-refractivity contribution >= 4 is 43.9 Å². The number of thiophene rings is 1. The summed E-state index contributed by atoms with van der Waals surface area (Å²) in [5.41, 5.74) is 1.06. The summed E-state index contributed by atoms with van der Waals surface area (Å²) in [4.78, 5) is 44.8. The van der Waals surface area contributed by atoms with E-state index in [1.165, 1.54) is 37.3 Å². The summed E-state index contributed by atoms with van der Waals surface area (Å²) in [6, 6.07) is 6.74. The molecule has 1 amide bonds. The highest BCUT2D eigenvalue weighted by Gasteiger charge is 2.22. The number of anilines is 2. The van der Waals surface area contributed by atoms with Gasteiger partial charge in [-0.3, -0.25) is 19.8 Å². The molecule has 0 fully saturated rings. The van der Waals surface area contributed by atoms with Crippen LogP contribution in [0.25, 0.3) is 0 Å². The van der Waals surface area contributed by atoms with E-state index in [0.717, 1.165) is 11.3 Å². The molecular weight excluding hydrogens is 424 g/mol. The summed E-state index contributed by atoms with van der Waals surface area (Å²) in [6.07, 6.45) is 0. The lowest BCUT2D eigenvalue weighted by molar-refractivity contribution is -0.114. The fraction of sp³-hybridized carbons (Fsp3) is 0.125. The number of aromatic carboxylic acids is 1. The predicted octanol–water partition coefficient (Wildman–Crippen LogP) is 0.156. The van der Waals surface area contributed by atoms with Gasteiger partial charge in [0.05, 0.1) is 10.5 Å². The molecule has 2 aromatic heterocycles. The SMILES string of the molecule is CC(=O)Nc1ccc(S(=O)(=O)NCc2cc(C(=O)O)c(Nn3c(=O)c3=O)s2)cc1. The van der Waals surface area contributed by atoms with Crippen molar-refractivity contribution in [2.75, 3.05) is 10.7 Å². The topological polar surface area (TPSA) is 164 Å². The standard InChI is InChI=1S/C16H14N4O7S2/c1-8(21)18-9-2-4-11(5-3-9)29(26,27)17-7-10-6-12(16(24)25)13(28-10)19-20-14(22)15(20)23/h2-6,17,19H,7H2,1H3,(H,18,21)(H,24,25). The molecule has 3 aromatic rings. The first kappa shape index (κ1) is 20.4. The van der Waals surface area contributed by atoms with E-state index >= 15 is 0 Å². The fourth-order valence-corrected chi connectivity index (χ4v) is 4.35. The summed E-state index contributed by atoms with van der Waals surface area (Å²) in [6.45, 7) is 1.12. The largest absolute Gasteiger partial charge is 0.478 e. The lowest BCUT2D eigenvalue weighted by Crippen LogP contribution is -2.22. The first-order valence-corrected chi connectivity index (χ1v) is 10.3. The van der Waals surface area contributed by atoms with Crippen LogP contribution >= 0.6 is 11.3 Å². The van der Waals surface area contributed by atoms with Crippen molar-refractivity contribution in [3.8, 4) is 0 Å². The molecule has 1 aromatic carbocycles. The summed E-state index contributed by atoms with van der Waals surface area (Å²) >= 11 is 0.893. The van der Waals surface area contributed by atoms with Crippen molar-refractivity contribution in [2.24, 2.45) is 0 Å². The van der Waals surface area contributed by atoms with E-state index in [0.29, 0.717) is 15.2 Å². The van der Waals surface area contributed by atoms with Crippen LogP contribution in [0.1, 0.15) is 22.2 Å². The van der Waals surface area contributed by atoms with Crippen LogP contribution in [0.15, 0.2) is 44.8 Å². The maximum Gasteiger partial charge on any atom is 0.340 e. The van der Waals surface area contributed by atoms with Gasteiger partial charge in [-0.1, -0.05) is 0 Å². The van der Waals surface area contributed by atoms with Crippen LogP contribution in [0, 0.1) is 0 Å². The average Bonchev–Trinajstić information content (AvgIpc) is 3.04. The Morgan fingerprint density at radius 2 is 1.76 bits per heavy atom. The molecule has 4 N–H and O–H groups in total. The number of nitrogens with zero attached hydrogens (tertiary/aromatic N) is 1. The third kappa shape index (κ3) is 4.59. The first-order chi connectivity index (χ1) is 13.6. The minimum absolute atomic E-state index is 0.0329. The maximum absolute atomic E-state index is 12.4. The number of aromatic nitrogens is 1. The van der Waals surface area contributed by atoms with Crippen LogP contribution in [0.4, 0.5) is 10.7 Å². The molecule has 13 heteroatoms. The van der Waals surface area contributed by atoms with Gasteiger partial charge in [0, 0.05) is 24.0 Å². The Kier molecular flexibility index (Phi) is 5.37. The molecule has 0 unspecified atom stereocenters. The van der Waals surface area contributed by atoms with Crippen LogP contribution in [0.5, 0.6) is 0 Å². The van der Waals surface area contributed by atoms with Gasteiger partial charge in [0.2, 0.25) is 15.9 Å². The van der Waals surface area contributed by atoms with E-state index in [1.807, 2.05) is 0 Å². The zero-order valence-electron chi connectivity index (χ0n) is 14.8. The molecule has 0 aliphatic rings. The summed E-state index contributed by atoms with van der Waals surface area (Å²) < 4.78 is 27.8. The Hall–Kier alpha value is -3.29. The second-order valence-electron chi connectivity index (χ2n) is 5.85. The maximum atomic E-state index is 12.4. The molecule has 0 atom stereocenters. The zero-order chi connectivity index (χ0) is 21.3. The second kappa shape index (κ2) is 7.62. The Morgan fingerprint density at radius 1 is 1.14 bits per heavy atom. The highest BCUT2D eigenvalue weighted by Crippen LogP contribution is 2.28. The van der Waals surface area contributed by atoms with Gasteiger partial charge in [0.25, 0.3) is 0 Å². The number of carbonyl (C=O) groups is 2. The van der Waals surface area contributed by atoms with E-state index in [9.17, 15) is 32.7 Å². The van der Waals surface area contributed by atoms with Gasteiger partial charge in [0.1, 0.15) is 5.00 Å². The zero-order valence-corrected chi connectivity index (χ0v) is 16.4. The number of sulfonamides is 1. The Bertz CT molecular complexity index is 1240. The quantitative estimate of drug-likeness (QED) is 0.361. The number of rotatable bonds is 8. The molecular formula is C16H14N4O7S2. The van der Waals surface area contributed by atoms with Gasteiger partial charge in [-0.2, -0.15) is 4.68 Å². The first-order valence-electron chi connectivity index (χ1n) is 7.97. The smallest absolute Gasteiger partial charge is 0.340 e. The van der Waals surface area contributed by atoms with Crippen LogP contribution in [0.2, 0.25) is 0 Å². The van der Waals surface area contributed by atoms with Gasteiger partial charge in [0.15, 0.2) is 0 Å². The molecule has 2 heterocycles. The van der Waals surface area contributed by atoms with E-state index < -0.39 is 27.1 Å². The van der Waals surface area contributed by atoms with E-state index in [4.69, 9.17) is 0 Å². The molecule has 0 aliphatic heterocycles. The van der Waals surface area contributed by atoms with Crippen molar-refractivity contribution < 1.29 is 23.1 Å². The van der Waals surface area contributed by atoms with Crippen molar-refractivity contribution in [2.45, 2.75) is 18.4 Å². The fourth-order valence-electron chi connectivity index (χ4n) is 2.28. The summed E-state index contributed by atoms with van der Waals surface area (Å²) in [7, 11) is -3.90. The van der Waals surface area contributed by atoms with E-state index in [-0.39, 0.29) is 27.9 Å². The van der Waals surface area contributed by atoms with Crippen molar-refractivity contribution in [1.82, 2.24) is 9.40 Å². The predicted molar refractivity (Wildman–Crippen MR) is 104 cm³/mol.